The van der Waals surface area contributed by atoms with Crippen molar-refractivity contribution in [2.45, 2.75) is 6.18 Å². The van der Waals surface area contributed by atoms with Crippen LogP contribution in [0, 0.1) is 5.82 Å². The van der Waals surface area contributed by atoms with E-state index in [9.17, 15) is 27.2 Å². The lowest BCUT2D eigenvalue weighted by Crippen LogP contribution is -2.41. The van der Waals surface area contributed by atoms with Gasteiger partial charge in [0.15, 0.2) is 11.5 Å². The van der Waals surface area contributed by atoms with Gasteiger partial charge in [-0.25, -0.2) is 18.7 Å². The Morgan fingerprint density at radius 1 is 1.13 bits per heavy atom. The number of benzene rings is 1. The standard InChI is InChI=1S/C18H14F4N4O4/c1-25-14(18(20,21)22)8-15(27)26(17(25)28)11-7-13(10(23)6-9(11)19)30-12-4-3-5-24-16(12)29-2/h3-8H,23H2,1-2H3. The molecule has 0 fully saturated rings. The van der Waals surface area contributed by atoms with Crippen molar-refractivity contribution in [2.24, 2.45) is 7.05 Å². The molecule has 0 amide bonds. The van der Waals surface area contributed by atoms with Gasteiger partial charge in [0.05, 0.1) is 18.5 Å². The smallest absolute Gasteiger partial charge is 0.431 e. The van der Waals surface area contributed by atoms with Crippen LogP contribution in [0.3, 0.4) is 0 Å². The van der Waals surface area contributed by atoms with E-state index in [1.807, 2.05) is 0 Å². The molecule has 0 spiro atoms. The summed E-state index contributed by atoms with van der Waals surface area (Å²) < 4.78 is 64.6. The van der Waals surface area contributed by atoms with Crippen LogP contribution in [0.1, 0.15) is 5.69 Å². The number of nitrogens with two attached hydrogens (primary N) is 1. The number of rotatable bonds is 4. The van der Waals surface area contributed by atoms with Crippen LogP contribution in [0.4, 0.5) is 23.2 Å². The zero-order valence-corrected chi connectivity index (χ0v) is 15.5. The van der Waals surface area contributed by atoms with Crippen LogP contribution in [-0.2, 0) is 13.2 Å². The number of anilines is 1. The van der Waals surface area contributed by atoms with E-state index < -0.39 is 34.6 Å². The van der Waals surface area contributed by atoms with Gasteiger partial charge in [-0.05, 0) is 12.1 Å². The zero-order chi connectivity index (χ0) is 22.2. The molecule has 0 saturated carbocycles. The number of nitrogens with zero attached hydrogens (tertiary/aromatic N) is 3. The third-order valence-corrected chi connectivity index (χ3v) is 4.08. The Hall–Kier alpha value is -3.83. The quantitative estimate of drug-likeness (QED) is 0.508. The summed E-state index contributed by atoms with van der Waals surface area (Å²) in [6, 6.07) is 4.89. The molecular weight excluding hydrogens is 412 g/mol. The summed E-state index contributed by atoms with van der Waals surface area (Å²) in [5.41, 5.74) is 0.670. The summed E-state index contributed by atoms with van der Waals surface area (Å²) in [6.45, 7) is 0. The summed E-state index contributed by atoms with van der Waals surface area (Å²) in [7, 11) is 2.15. The molecule has 158 valence electrons. The average Bonchev–Trinajstić information content (AvgIpc) is 2.67. The largest absolute Gasteiger partial charge is 0.478 e. The second-order valence-corrected chi connectivity index (χ2v) is 6.00. The lowest BCUT2D eigenvalue weighted by molar-refractivity contribution is -0.144. The molecule has 0 aliphatic rings. The average molecular weight is 426 g/mol. The predicted molar refractivity (Wildman–Crippen MR) is 97.5 cm³/mol. The highest BCUT2D eigenvalue weighted by atomic mass is 19.4. The first-order valence-electron chi connectivity index (χ1n) is 8.21. The van der Waals surface area contributed by atoms with E-state index in [4.69, 9.17) is 15.2 Å². The fraction of sp³-hybridized carbons (Fsp3) is 0.167. The number of hydrogen-bond acceptors (Lipinski definition) is 6. The van der Waals surface area contributed by atoms with Gasteiger partial charge in [0.25, 0.3) is 11.4 Å². The monoisotopic (exact) mass is 426 g/mol. The summed E-state index contributed by atoms with van der Waals surface area (Å²) in [4.78, 5) is 28.6. The molecule has 3 rings (SSSR count). The molecule has 0 atom stereocenters. The molecule has 2 aromatic heterocycles. The summed E-state index contributed by atoms with van der Waals surface area (Å²) in [5, 5.41) is 0. The van der Waals surface area contributed by atoms with E-state index >= 15 is 0 Å². The molecule has 0 radical (unpaired) electrons. The number of nitrogen functional groups attached to an aromatic ring is 1. The van der Waals surface area contributed by atoms with Gasteiger partial charge in [-0.15, -0.1) is 0 Å². The molecule has 0 unspecified atom stereocenters. The molecule has 1 aromatic carbocycles. The second kappa shape index (κ2) is 7.54. The van der Waals surface area contributed by atoms with E-state index in [-0.39, 0.29) is 38.3 Å². The highest BCUT2D eigenvalue weighted by Gasteiger charge is 2.35. The van der Waals surface area contributed by atoms with E-state index in [1.165, 1.54) is 25.4 Å². The van der Waals surface area contributed by atoms with Gasteiger partial charge in [-0.2, -0.15) is 13.2 Å². The van der Waals surface area contributed by atoms with Crippen LogP contribution >= 0.6 is 0 Å². The third kappa shape index (κ3) is 3.71. The van der Waals surface area contributed by atoms with E-state index in [0.717, 1.165) is 19.2 Å². The Balaban J connectivity index is 2.19. The molecule has 2 N–H and O–H groups in total. The minimum absolute atomic E-state index is 0.0744. The van der Waals surface area contributed by atoms with Crippen molar-refractivity contribution in [1.29, 1.82) is 0 Å². The van der Waals surface area contributed by atoms with Crippen molar-refractivity contribution in [2.75, 3.05) is 12.8 Å². The van der Waals surface area contributed by atoms with Gasteiger partial charge < -0.3 is 15.2 Å². The molecule has 2 heterocycles. The Labute approximate surface area is 165 Å². The summed E-state index contributed by atoms with van der Waals surface area (Å²) in [5.74, 6) is -1.12. The number of aromatic nitrogens is 3. The third-order valence-electron chi connectivity index (χ3n) is 4.08. The number of hydrogen-bond donors (Lipinski definition) is 1. The summed E-state index contributed by atoms with van der Waals surface area (Å²) >= 11 is 0. The van der Waals surface area contributed by atoms with Crippen molar-refractivity contribution in [1.82, 2.24) is 14.1 Å². The molecule has 30 heavy (non-hydrogen) atoms. The maximum atomic E-state index is 14.5. The molecule has 3 aromatic rings. The van der Waals surface area contributed by atoms with Crippen molar-refractivity contribution >= 4 is 5.69 Å². The van der Waals surface area contributed by atoms with Crippen LogP contribution in [0.25, 0.3) is 5.69 Å². The Bertz CT molecular complexity index is 1230. The lowest BCUT2D eigenvalue weighted by atomic mass is 10.2. The number of pyridine rings is 1. The van der Waals surface area contributed by atoms with Gasteiger partial charge in [0.1, 0.15) is 11.5 Å². The highest BCUT2D eigenvalue weighted by molar-refractivity contribution is 5.60. The fourth-order valence-electron chi connectivity index (χ4n) is 2.66. The van der Waals surface area contributed by atoms with Crippen LogP contribution < -0.4 is 26.5 Å². The van der Waals surface area contributed by atoms with E-state index in [1.54, 1.807) is 0 Å². The Morgan fingerprint density at radius 2 is 1.83 bits per heavy atom. The van der Waals surface area contributed by atoms with Crippen LogP contribution in [0.2, 0.25) is 0 Å². The first kappa shape index (κ1) is 20.9. The van der Waals surface area contributed by atoms with E-state index in [0.29, 0.717) is 0 Å². The van der Waals surface area contributed by atoms with Crippen molar-refractivity contribution in [3.8, 4) is 23.1 Å². The van der Waals surface area contributed by atoms with Crippen LogP contribution in [-0.4, -0.2) is 21.2 Å². The normalized spacial score (nSPS) is 11.4. The minimum Gasteiger partial charge on any atom is -0.478 e. The highest BCUT2D eigenvalue weighted by Crippen LogP contribution is 2.34. The zero-order valence-electron chi connectivity index (χ0n) is 15.5. The van der Waals surface area contributed by atoms with Crippen molar-refractivity contribution in [3.05, 3.63) is 68.9 Å². The van der Waals surface area contributed by atoms with Crippen molar-refractivity contribution in [3.63, 3.8) is 0 Å². The maximum Gasteiger partial charge on any atom is 0.431 e. The number of ether oxygens (including phenoxy) is 2. The second-order valence-electron chi connectivity index (χ2n) is 6.00. The maximum absolute atomic E-state index is 14.5. The summed E-state index contributed by atoms with van der Waals surface area (Å²) in [6.07, 6.45) is -3.52. The number of methoxy groups -OCH3 is 1. The Morgan fingerprint density at radius 3 is 2.47 bits per heavy atom. The molecule has 0 saturated heterocycles. The predicted octanol–water partition coefficient (Wildman–Crippen LogP) is 2.47. The number of halogens is 4. The molecule has 0 aliphatic carbocycles. The van der Waals surface area contributed by atoms with Gasteiger partial charge >= 0.3 is 11.9 Å². The van der Waals surface area contributed by atoms with E-state index in [2.05, 4.69) is 4.98 Å². The molecule has 8 nitrogen and oxygen atoms in total. The topological polar surface area (TPSA) is 101 Å². The molecule has 0 aliphatic heterocycles. The van der Waals surface area contributed by atoms with Gasteiger partial charge in [0.2, 0.25) is 0 Å². The van der Waals surface area contributed by atoms with Gasteiger partial charge in [-0.1, -0.05) is 0 Å². The first-order chi connectivity index (χ1) is 14.0. The lowest BCUT2D eigenvalue weighted by Gasteiger charge is -2.16. The van der Waals surface area contributed by atoms with Crippen LogP contribution in [0.5, 0.6) is 17.4 Å². The van der Waals surface area contributed by atoms with Crippen LogP contribution in [0.15, 0.2) is 46.1 Å². The molecular formula is C18H14F4N4O4. The molecule has 0 bridgehead atoms. The minimum atomic E-state index is -4.95. The fourth-order valence-corrected chi connectivity index (χ4v) is 2.66. The number of alkyl halides is 3. The van der Waals surface area contributed by atoms with Crippen molar-refractivity contribution < 1.29 is 27.0 Å². The van der Waals surface area contributed by atoms with Gasteiger partial charge in [0, 0.05) is 31.4 Å². The van der Waals surface area contributed by atoms with Gasteiger partial charge in [-0.3, -0.25) is 9.36 Å². The first-order valence-corrected chi connectivity index (χ1v) is 8.21. The SMILES string of the molecule is COc1ncccc1Oc1cc(-n2c(=O)cc(C(F)(F)F)n(C)c2=O)c(F)cc1N. The Kier molecular flexibility index (Phi) is 5.25. The molecule has 12 heteroatoms.